The first-order valence-electron chi connectivity index (χ1n) is 10.1. The molecule has 0 bridgehead atoms. The molecule has 1 fully saturated rings. The molecule has 156 valence electrons. The second kappa shape index (κ2) is 8.53. The maximum absolute atomic E-state index is 12.0. The van der Waals surface area contributed by atoms with Gasteiger partial charge in [0.2, 0.25) is 5.88 Å². The number of nitrogens with zero attached hydrogens (tertiary/aromatic N) is 6. The number of ether oxygens (including phenoxy) is 2. The zero-order valence-corrected chi connectivity index (χ0v) is 17.1. The van der Waals surface area contributed by atoms with Gasteiger partial charge in [-0.2, -0.15) is 5.26 Å². The molecule has 0 N–H and O–H groups in total. The van der Waals surface area contributed by atoms with Gasteiger partial charge in [-0.1, -0.05) is 6.92 Å². The molecular weight excluding hydrogens is 384 g/mol. The molecule has 30 heavy (non-hydrogen) atoms. The van der Waals surface area contributed by atoms with Crippen LogP contribution in [0.3, 0.4) is 0 Å². The summed E-state index contributed by atoms with van der Waals surface area (Å²) in [4.78, 5) is 29.0. The van der Waals surface area contributed by atoms with Gasteiger partial charge >= 0.3 is 6.09 Å². The molecule has 2 aromatic rings. The number of rotatable bonds is 4. The number of nitriles is 1. The lowest BCUT2D eigenvalue weighted by atomic mass is 9.98. The summed E-state index contributed by atoms with van der Waals surface area (Å²) in [6, 6.07) is 5.74. The number of amides is 1. The molecule has 2 aliphatic heterocycles. The van der Waals surface area contributed by atoms with Gasteiger partial charge in [0.05, 0.1) is 18.2 Å². The number of fused-ring (bicyclic) bond motifs is 1. The average molecular weight is 408 g/mol. The van der Waals surface area contributed by atoms with E-state index in [4.69, 9.17) is 14.7 Å². The highest BCUT2D eigenvalue weighted by molar-refractivity contribution is 5.68. The largest absolute Gasteiger partial charge is 0.474 e. The van der Waals surface area contributed by atoms with E-state index in [1.165, 1.54) is 13.4 Å². The average Bonchev–Trinajstić information content (AvgIpc) is 3.23. The third kappa shape index (κ3) is 3.73. The molecule has 1 amide bonds. The molecular formula is C21H24N6O3. The maximum atomic E-state index is 12.0. The summed E-state index contributed by atoms with van der Waals surface area (Å²) in [6.07, 6.45) is 5.84. The van der Waals surface area contributed by atoms with Gasteiger partial charge in [-0.3, -0.25) is 0 Å². The van der Waals surface area contributed by atoms with Crippen molar-refractivity contribution < 1.29 is 14.3 Å². The van der Waals surface area contributed by atoms with E-state index in [1.807, 2.05) is 11.0 Å². The number of hydrogen-bond acceptors (Lipinski definition) is 8. The summed E-state index contributed by atoms with van der Waals surface area (Å²) in [7, 11) is 1.41. The number of methoxy groups -OCH3 is 1. The van der Waals surface area contributed by atoms with Gasteiger partial charge in [-0.25, -0.2) is 19.7 Å². The number of carbonyl (C=O) groups excluding carboxylic acids is 1. The molecule has 2 aromatic heterocycles. The second-order valence-electron chi connectivity index (χ2n) is 7.39. The van der Waals surface area contributed by atoms with Crippen LogP contribution < -0.4 is 9.64 Å². The fourth-order valence-electron chi connectivity index (χ4n) is 4.13. The van der Waals surface area contributed by atoms with Gasteiger partial charge < -0.3 is 19.3 Å². The lowest BCUT2D eigenvalue weighted by Crippen LogP contribution is -2.48. The van der Waals surface area contributed by atoms with Crippen molar-refractivity contribution in [1.29, 1.82) is 5.26 Å². The van der Waals surface area contributed by atoms with Crippen LogP contribution in [-0.4, -0.2) is 58.3 Å². The lowest BCUT2D eigenvalue weighted by Gasteiger charge is -2.38. The molecule has 9 nitrogen and oxygen atoms in total. The van der Waals surface area contributed by atoms with Gasteiger partial charge in [0.15, 0.2) is 0 Å². The minimum absolute atomic E-state index is 0.0167. The van der Waals surface area contributed by atoms with E-state index in [0.29, 0.717) is 18.0 Å². The van der Waals surface area contributed by atoms with Crippen molar-refractivity contribution in [2.24, 2.45) is 0 Å². The Labute approximate surface area is 175 Å². The van der Waals surface area contributed by atoms with Crippen molar-refractivity contribution in [2.45, 2.75) is 44.8 Å². The summed E-state index contributed by atoms with van der Waals surface area (Å²) >= 11 is 0. The summed E-state index contributed by atoms with van der Waals surface area (Å²) < 4.78 is 11.2. The highest BCUT2D eigenvalue weighted by Crippen LogP contribution is 2.37. The van der Waals surface area contributed by atoms with Crippen LogP contribution in [0.2, 0.25) is 0 Å². The number of piperidine rings is 1. The van der Waals surface area contributed by atoms with Crippen molar-refractivity contribution in [3.05, 3.63) is 35.8 Å². The van der Waals surface area contributed by atoms with Crippen molar-refractivity contribution in [3.63, 3.8) is 0 Å². The zero-order valence-electron chi connectivity index (χ0n) is 17.1. The van der Waals surface area contributed by atoms with E-state index in [0.717, 1.165) is 49.4 Å². The van der Waals surface area contributed by atoms with Gasteiger partial charge in [-0.15, -0.1) is 0 Å². The van der Waals surface area contributed by atoms with Crippen LogP contribution >= 0.6 is 0 Å². The van der Waals surface area contributed by atoms with Gasteiger partial charge in [0.1, 0.15) is 30.1 Å². The zero-order chi connectivity index (χ0) is 21.1. The third-order valence-electron chi connectivity index (χ3n) is 5.70. The fourth-order valence-corrected chi connectivity index (χ4v) is 4.13. The number of likely N-dealkylation sites (tertiary alicyclic amines) is 1. The van der Waals surface area contributed by atoms with E-state index in [9.17, 15) is 4.79 Å². The van der Waals surface area contributed by atoms with E-state index in [1.54, 1.807) is 17.2 Å². The summed E-state index contributed by atoms with van der Waals surface area (Å²) in [5.74, 6) is 2.13. The van der Waals surface area contributed by atoms with E-state index in [2.05, 4.69) is 27.9 Å². The van der Waals surface area contributed by atoms with Gasteiger partial charge in [-0.05, 0) is 25.0 Å². The Balaban J connectivity index is 1.50. The van der Waals surface area contributed by atoms with Crippen molar-refractivity contribution in [1.82, 2.24) is 19.9 Å². The molecule has 2 unspecified atom stereocenters. The van der Waals surface area contributed by atoms with Crippen LogP contribution in [0.15, 0.2) is 24.7 Å². The highest BCUT2D eigenvalue weighted by atomic mass is 16.5. The monoisotopic (exact) mass is 408 g/mol. The number of pyridine rings is 1. The van der Waals surface area contributed by atoms with Crippen molar-refractivity contribution in [2.75, 3.05) is 25.1 Å². The Morgan fingerprint density at radius 2 is 2.17 bits per heavy atom. The Morgan fingerprint density at radius 1 is 1.30 bits per heavy atom. The normalized spacial score (nSPS) is 20.4. The molecule has 0 spiro atoms. The molecule has 9 heteroatoms. The molecule has 0 aromatic carbocycles. The Bertz CT molecular complexity index is 958. The molecule has 2 aliphatic rings. The molecule has 1 saturated heterocycles. The minimum Gasteiger partial charge on any atom is -0.474 e. The fraction of sp³-hybridized carbons (Fsp3) is 0.476. The maximum Gasteiger partial charge on any atom is 0.409 e. The lowest BCUT2D eigenvalue weighted by molar-refractivity contribution is 0.0431. The quantitative estimate of drug-likeness (QED) is 0.761. The van der Waals surface area contributed by atoms with Gasteiger partial charge in [0.25, 0.3) is 0 Å². The van der Waals surface area contributed by atoms with Crippen LogP contribution in [0.1, 0.15) is 37.3 Å². The van der Waals surface area contributed by atoms with Crippen LogP contribution in [0, 0.1) is 11.3 Å². The molecule has 0 aliphatic carbocycles. The smallest absolute Gasteiger partial charge is 0.409 e. The van der Waals surface area contributed by atoms with Crippen LogP contribution in [0.5, 0.6) is 5.88 Å². The Morgan fingerprint density at radius 3 is 2.87 bits per heavy atom. The molecule has 4 heterocycles. The Kier molecular flexibility index (Phi) is 5.65. The van der Waals surface area contributed by atoms with Crippen LogP contribution in [0.4, 0.5) is 16.4 Å². The standard InChI is InChI=1S/C21H24N6O3/c1-3-15-10-16(6-8-26(15)21(28)29-2)30-20-17-7-9-27(19(17)24-13-25-20)18-5-4-14(11-22)12-23-18/h4-5,12-13,15-16H,3,6-10H2,1-2H3. The molecule has 0 saturated carbocycles. The molecule has 4 rings (SSSR count). The number of carbonyl (C=O) groups is 1. The Hall–Kier alpha value is -3.41. The minimum atomic E-state index is -0.284. The first-order valence-corrected chi connectivity index (χ1v) is 10.1. The van der Waals surface area contributed by atoms with Crippen LogP contribution in [-0.2, 0) is 11.2 Å². The van der Waals surface area contributed by atoms with E-state index < -0.39 is 0 Å². The van der Waals surface area contributed by atoms with E-state index >= 15 is 0 Å². The second-order valence-corrected chi connectivity index (χ2v) is 7.39. The highest BCUT2D eigenvalue weighted by Gasteiger charge is 2.34. The first kappa shape index (κ1) is 19.9. The summed E-state index contributed by atoms with van der Waals surface area (Å²) in [5.41, 5.74) is 1.49. The topological polar surface area (TPSA) is 104 Å². The number of aromatic nitrogens is 3. The summed E-state index contributed by atoms with van der Waals surface area (Å²) in [6.45, 7) is 3.39. The number of hydrogen-bond donors (Lipinski definition) is 0. The summed E-state index contributed by atoms with van der Waals surface area (Å²) in [5, 5.41) is 8.97. The van der Waals surface area contributed by atoms with Crippen LogP contribution in [0.25, 0.3) is 0 Å². The van der Waals surface area contributed by atoms with E-state index in [-0.39, 0.29) is 18.2 Å². The predicted octanol–water partition coefficient (Wildman–Crippen LogP) is 2.83. The third-order valence-corrected chi connectivity index (χ3v) is 5.70. The number of anilines is 2. The molecule has 0 radical (unpaired) electrons. The van der Waals surface area contributed by atoms with Gasteiger partial charge in [0, 0.05) is 38.2 Å². The predicted molar refractivity (Wildman–Crippen MR) is 109 cm³/mol. The first-order chi connectivity index (χ1) is 14.6. The SMILES string of the molecule is CCC1CC(Oc2ncnc3c2CCN3c2ccc(C#N)cn2)CCN1C(=O)OC. The molecule has 2 atom stereocenters. The van der Waals surface area contributed by atoms with Crippen molar-refractivity contribution in [3.8, 4) is 11.9 Å². The van der Waals surface area contributed by atoms with Crippen molar-refractivity contribution >= 4 is 17.7 Å².